The topological polar surface area (TPSA) is 52.0 Å². The largest absolute Gasteiger partial charge is 0.358 e. The summed E-state index contributed by atoms with van der Waals surface area (Å²) in [5, 5.41) is 12.4. The minimum absolute atomic E-state index is 0. The zero-order valence-corrected chi connectivity index (χ0v) is 12.6. The maximum atomic E-state index is 9.05. The average molecular weight is 303 g/mol. The second-order valence-electron chi connectivity index (χ2n) is 4.56. The standard InChI is InChI=1S/C13H18N4.2ClH/c1-17(10-11-4-7-15-8-5-11)13-12(9-14)3-2-6-16-13;;/h2-3,6,11,15H,4-5,7-8,10H2,1H3;2*1H. The molecule has 0 aliphatic carbocycles. The molecule has 0 bridgehead atoms. The molecule has 19 heavy (non-hydrogen) atoms. The summed E-state index contributed by atoms with van der Waals surface area (Å²) in [4.78, 5) is 6.41. The van der Waals surface area contributed by atoms with Crippen LogP contribution in [0.25, 0.3) is 0 Å². The number of hydrogen-bond acceptors (Lipinski definition) is 4. The van der Waals surface area contributed by atoms with Gasteiger partial charge in [-0.15, -0.1) is 24.8 Å². The van der Waals surface area contributed by atoms with Crippen molar-refractivity contribution in [3.63, 3.8) is 0 Å². The summed E-state index contributed by atoms with van der Waals surface area (Å²) in [7, 11) is 2.02. The maximum Gasteiger partial charge on any atom is 0.146 e. The first kappa shape index (κ1) is 18.0. The van der Waals surface area contributed by atoms with Crippen LogP contribution < -0.4 is 10.2 Å². The van der Waals surface area contributed by atoms with Crippen LogP contribution in [0.4, 0.5) is 5.82 Å². The van der Waals surface area contributed by atoms with Crippen LogP contribution in [0, 0.1) is 17.2 Å². The zero-order chi connectivity index (χ0) is 12.1. The molecule has 2 rings (SSSR count). The van der Waals surface area contributed by atoms with Crippen LogP contribution in [0.2, 0.25) is 0 Å². The number of nitrogens with one attached hydrogen (secondary N) is 1. The highest BCUT2D eigenvalue weighted by Crippen LogP contribution is 2.19. The lowest BCUT2D eigenvalue weighted by Crippen LogP contribution is -2.35. The van der Waals surface area contributed by atoms with Crippen LogP contribution >= 0.6 is 24.8 Å². The Morgan fingerprint density at radius 2 is 2.11 bits per heavy atom. The molecule has 1 aliphatic heterocycles. The molecule has 1 fully saturated rings. The van der Waals surface area contributed by atoms with Crippen molar-refractivity contribution in [2.45, 2.75) is 12.8 Å². The summed E-state index contributed by atoms with van der Waals surface area (Å²) in [6, 6.07) is 5.82. The van der Waals surface area contributed by atoms with Gasteiger partial charge in [0.2, 0.25) is 0 Å². The Morgan fingerprint density at radius 3 is 2.74 bits per heavy atom. The fourth-order valence-corrected chi connectivity index (χ4v) is 2.33. The molecule has 0 amide bonds. The van der Waals surface area contributed by atoms with E-state index in [1.165, 1.54) is 12.8 Å². The van der Waals surface area contributed by atoms with E-state index in [9.17, 15) is 0 Å². The summed E-state index contributed by atoms with van der Waals surface area (Å²) >= 11 is 0. The number of aromatic nitrogens is 1. The van der Waals surface area contributed by atoms with E-state index in [-0.39, 0.29) is 24.8 Å². The number of hydrogen-bond donors (Lipinski definition) is 1. The number of anilines is 1. The first-order valence-corrected chi connectivity index (χ1v) is 6.08. The van der Waals surface area contributed by atoms with Gasteiger partial charge in [0.1, 0.15) is 11.9 Å². The Labute approximate surface area is 127 Å². The van der Waals surface area contributed by atoms with Gasteiger partial charge in [-0.2, -0.15) is 5.26 Å². The van der Waals surface area contributed by atoms with Gasteiger partial charge in [-0.1, -0.05) is 0 Å². The van der Waals surface area contributed by atoms with E-state index < -0.39 is 0 Å². The normalized spacial score (nSPS) is 14.7. The maximum absolute atomic E-state index is 9.05. The molecule has 0 spiro atoms. The SMILES string of the molecule is CN(CC1CCNCC1)c1ncccc1C#N.Cl.Cl. The minimum Gasteiger partial charge on any atom is -0.358 e. The number of halogens is 2. The Morgan fingerprint density at radius 1 is 1.42 bits per heavy atom. The molecule has 0 saturated carbocycles. The Kier molecular flexibility index (Phi) is 8.49. The van der Waals surface area contributed by atoms with Crippen molar-refractivity contribution >= 4 is 30.6 Å². The number of rotatable bonds is 3. The lowest BCUT2D eigenvalue weighted by molar-refractivity contribution is 0.377. The van der Waals surface area contributed by atoms with Crippen molar-refractivity contribution in [1.29, 1.82) is 5.26 Å². The van der Waals surface area contributed by atoms with Gasteiger partial charge in [-0.3, -0.25) is 0 Å². The predicted molar refractivity (Wildman–Crippen MR) is 82.3 cm³/mol. The summed E-state index contributed by atoms with van der Waals surface area (Å²) in [5.41, 5.74) is 0.656. The molecule has 1 aliphatic rings. The second kappa shape index (κ2) is 8.98. The van der Waals surface area contributed by atoms with Gasteiger partial charge in [0, 0.05) is 19.8 Å². The third-order valence-corrected chi connectivity index (χ3v) is 3.26. The highest BCUT2D eigenvalue weighted by atomic mass is 35.5. The fraction of sp³-hybridized carbons (Fsp3) is 0.538. The Hall–Kier alpha value is -1.02. The molecule has 2 heterocycles. The smallest absolute Gasteiger partial charge is 0.146 e. The molecule has 4 nitrogen and oxygen atoms in total. The van der Waals surface area contributed by atoms with Crippen LogP contribution in [0.3, 0.4) is 0 Å². The van der Waals surface area contributed by atoms with Gasteiger partial charge in [-0.25, -0.2) is 4.98 Å². The van der Waals surface area contributed by atoms with E-state index in [4.69, 9.17) is 5.26 Å². The van der Waals surface area contributed by atoms with E-state index in [0.717, 1.165) is 25.5 Å². The van der Waals surface area contributed by atoms with E-state index >= 15 is 0 Å². The molecular weight excluding hydrogens is 283 g/mol. The van der Waals surface area contributed by atoms with Gasteiger partial charge in [0.05, 0.1) is 5.56 Å². The van der Waals surface area contributed by atoms with Gasteiger partial charge in [0.15, 0.2) is 0 Å². The first-order valence-electron chi connectivity index (χ1n) is 6.08. The lowest BCUT2D eigenvalue weighted by Gasteiger charge is -2.28. The van der Waals surface area contributed by atoms with E-state index in [2.05, 4.69) is 21.3 Å². The van der Waals surface area contributed by atoms with Crippen LogP contribution in [0.15, 0.2) is 18.3 Å². The first-order chi connectivity index (χ1) is 8.31. The van der Waals surface area contributed by atoms with Crippen LogP contribution in [0.5, 0.6) is 0 Å². The van der Waals surface area contributed by atoms with Gasteiger partial charge >= 0.3 is 0 Å². The van der Waals surface area contributed by atoms with Crippen molar-refractivity contribution in [2.75, 3.05) is 31.6 Å². The van der Waals surface area contributed by atoms with Crippen LogP contribution in [-0.2, 0) is 0 Å². The quantitative estimate of drug-likeness (QED) is 0.930. The number of nitriles is 1. The van der Waals surface area contributed by atoms with Crippen molar-refractivity contribution in [3.8, 4) is 6.07 Å². The van der Waals surface area contributed by atoms with Crippen molar-refractivity contribution < 1.29 is 0 Å². The third kappa shape index (κ3) is 4.87. The lowest BCUT2D eigenvalue weighted by atomic mass is 9.97. The van der Waals surface area contributed by atoms with Crippen LogP contribution in [0.1, 0.15) is 18.4 Å². The molecule has 1 aromatic heterocycles. The molecule has 0 aromatic carbocycles. The van der Waals surface area contributed by atoms with E-state index in [1.807, 2.05) is 13.1 Å². The van der Waals surface area contributed by atoms with E-state index in [0.29, 0.717) is 11.5 Å². The minimum atomic E-state index is 0. The summed E-state index contributed by atoms with van der Waals surface area (Å²) in [6.45, 7) is 3.19. The molecule has 1 N–H and O–H groups in total. The number of nitrogens with zero attached hydrogens (tertiary/aromatic N) is 3. The van der Waals surface area contributed by atoms with Crippen molar-refractivity contribution in [1.82, 2.24) is 10.3 Å². The van der Waals surface area contributed by atoms with Gasteiger partial charge < -0.3 is 10.2 Å². The van der Waals surface area contributed by atoms with Crippen LogP contribution in [-0.4, -0.2) is 31.7 Å². The van der Waals surface area contributed by atoms with E-state index in [1.54, 1.807) is 12.3 Å². The third-order valence-electron chi connectivity index (χ3n) is 3.26. The summed E-state index contributed by atoms with van der Waals surface area (Å²) < 4.78 is 0. The molecule has 0 radical (unpaired) electrons. The predicted octanol–water partition coefficient (Wildman–Crippen LogP) is 2.23. The number of pyridine rings is 1. The van der Waals surface area contributed by atoms with Gasteiger partial charge in [-0.05, 0) is 44.0 Å². The molecule has 0 atom stereocenters. The second-order valence-corrected chi connectivity index (χ2v) is 4.56. The average Bonchev–Trinajstić information content (AvgIpc) is 2.40. The summed E-state index contributed by atoms with van der Waals surface area (Å²) in [6.07, 6.45) is 4.16. The monoisotopic (exact) mass is 302 g/mol. The van der Waals surface area contributed by atoms with Gasteiger partial charge in [0.25, 0.3) is 0 Å². The molecule has 1 aromatic rings. The molecule has 0 unspecified atom stereocenters. The molecular formula is C13H20Cl2N4. The zero-order valence-electron chi connectivity index (χ0n) is 11.0. The highest BCUT2D eigenvalue weighted by molar-refractivity contribution is 5.85. The van der Waals surface area contributed by atoms with Crippen molar-refractivity contribution in [3.05, 3.63) is 23.9 Å². The molecule has 1 saturated heterocycles. The molecule has 6 heteroatoms. The number of piperidine rings is 1. The highest BCUT2D eigenvalue weighted by Gasteiger charge is 2.17. The van der Waals surface area contributed by atoms with Crippen molar-refractivity contribution in [2.24, 2.45) is 5.92 Å². The Bertz CT molecular complexity index is 413. The summed E-state index contributed by atoms with van der Waals surface area (Å²) in [5.74, 6) is 1.50. The Balaban J connectivity index is 0.00000162. The fourth-order valence-electron chi connectivity index (χ4n) is 2.33. The molecule has 106 valence electrons.